The van der Waals surface area contributed by atoms with E-state index >= 15 is 0 Å². The maximum atomic E-state index is 12.7. The molecule has 0 spiro atoms. The minimum atomic E-state index is -0.700. The Labute approximate surface area is 161 Å². The minimum absolute atomic E-state index is 0.229. The summed E-state index contributed by atoms with van der Waals surface area (Å²) in [5.41, 5.74) is 1.15. The van der Waals surface area contributed by atoms with Crippen LogP contribution in [-0.4, -0.2) is 23.3 Å². The van der Waals surface area contributed by atoms with Gasteiger partial charge in [0.15, 0.2) is 6.10 Å². The Hall–Kier alpha value is -3.67. The maximum absolute atomic E-state index is 12.7. The van der Waals surface area contributed by atoms with Crippen molar-refractivity contribution in [2.24, 2.45) is 0 Å². The van der Waals surface area contributed by atoms with Crippen molar-refractivity contribution in [2.45, 2.75) is 13.0 Å². The molecule has 0 unspecified atom stereocenters. The van der Waals surface area contributed by atoms with Gasteiger partial charge < -0.3 is 13.9 Å². The van der Waals surface area contributed by atoms with Crippen LogP contribution in [0.1, 0.15) is 29.3 Å². The normalized spacial score (nSPS) is 11.9. The van der Waals surface area contributed by atoms with Gasteiger partial charge in [-0.2, -0.15) is 0 Å². The summed E-state index contributed by atoms with van der Waals surface area (Å²) in [6, 6.07) is 20.7. The fraction of sp³-hybridized carbons (Fsp3) is 0.136. The first-order valence-electron chi connectivity index (χ1n) is 8.82. The smallest absolute Gasteiger partial charge is 0.342 e. The van der Waals surface area contributed by atoms with Gasteiger partial charge in [-0.1, -0.05) is 42.5 Å². The van der Waals surface area contributed by atoms with Crippen LogP contribution < -0.4 is 4.74 Å². The number of methoxy groups -OCH3 is 1. The van der Waals surface area contributed by atoms with Crippen LogP contribution in [0.15, 0.2) is 71.1 Å². The molecule has 0 amide bonds. The van der Waals surface area contributed by atoms with Gasteiger partial charge in [0, 0.05) is 5.56 Å². The lowest BCUT2D eigenvalue weighted by molar-refractivity contribution is 0.0276. The molecule has 0 saturated heterocycles. The van der Waals surface area contributed by atoms with Crippen LogP contribution in [0.4, 0.5) is 0 Å². The number of rotatable bonds is 5. The summed E-state index contributed by atoms with van der Waals surface area (Å²) in [6.45, 7) is 1.69. The summed E-state index contributed by atoms with van der Waals surface area (Å²) in [4.78, 5) is 12.7. The van der Waals surface area contributed by atoms with Gasteiger partial charge in [-0.25, -0.2) is 4.79 Å². The standard InChI is InChI=1S/C22H18N2O4/c1-14(20-23-24-21(28-20)15-8-4-3-5-9-15)27-22(25)18-12-16-10-6-7-11-17(16)13-19(18)26-2/h3-14H,1-2H3/t14-/m0/s1. The molecule has 0 aliphatic heterocycles. The number of ether oxygens (including phenoxy) is 2. The van der Waals surface area contributed by atoms with E-state index in [1.807, 2.05) is 60.7 Å². The fourth-order valence-corrected chi connectivity index (χ4v) is 2.92. The van der Waals surface area contributed by atoms with Gasteiger partial charge in [-0.05, 0) is 42.0 Å². The molecule has 0 fully saturated rings. The first kappa shape index (κ1) is 17.7. The lowest BCUT2D eigenvalue weighted by Crippen LogP contribution is -2.11. The third-order valence-electron chi connectivity index (χ3n) is 4.38. The molecule has 0 radical (unpaired) electrons. The lowest BCUT2D eigenvalue weighted by Gasteiger charge is -2.13. The molecule has 0 saturated carbocycles. The maximum Gasteiger partial charge on any atom is 0.342 e. The number of hydrogen-bond acceptors (Lipinski definition) is 6. The van der Waals surface area contributed by atoms with Crippen LogP contribution in [0.3, 0.4) is 0 Å². The highest BCUT2D eigenvalue weighted by atomic mass is 16.6. The topological polar surface area (TPSA) is 74.5 Å². The van der Waals surface area contributed by atoms with Crippen molar-refractivity contribution in [1.29, 1.82) is 0 Å². The molecule has 0 aliphatic rings. The van der Waals surface area contributed by atoms with Crippen molar-refractivity contribution in [3.63, 3.8) is 0 Å². The van der Waals surface area contributed by atoms with Crippen LogP contribution in [0.25, 0.3) is 22.2 Å². The molecule has 4 aromatic rings. The van der Waals surface area contributed by atoms with E-state index in [1.54, 1.807) is 13.0 Å². The zero-order valence-corrected chi connectivity index (χ0v) is 15.5. The molecule has 0 aliphatic carbocycles. The van der Waals surface area contributed by atoms with E-state index in [-0.39, 0.29) is 5.89 Å². The first-order chi connectivity index (χ1) is 13.7. The minimum Gasteiger partial charge on any atom is -0.496 e. The highest BCUT2D eigenvalue weighted by molar-refractivity contribution is 5.98. The molecule has 0 N–H and O–H groups in total. The number of nitrogens with zero attached hydrogens (tertiary/aromatic N) is 2. The molecule has 4 rings (SSSR count). The highest BCUT2D eigenvalue weighted by Crippen LogP contribution is 2.29. The van der Waals surface area contributed by atoms with Crippen molar-refractivity contribution in [3.8, 4) is 17.2 Å². The second-order valence-electron chi connectivity index (χ2n) is 6.26. The van der Waals surface area contributed by atoms with Gasteiger partial charge in [0.2, 0.25) is 5.89 Å². The molecule has 0 bridgehead atoms. The number of hydrogen-bond donors (Lipinski definition) is 0. The van der Waals surface area contributed by atoms with Gasteiger partial charge in [-0.15, -0.1) is 10.2 Å². The first-order valence-corrected chi connectivity index (χ1v) is 8.82. The predicted octanol–water partition coefficient (Wildman–Crippen LogP) is 4.82. The number of carbonyl (C=O) groups excluding carboxylic acids is 1. The van der Waals surface area contributed by atoms with Gasteiger partial charge in [-0.3, -0.25) is 0 Å². The van der Waals surface area contributed by atoms with Crippen molar-refractivity contribution < 1.29 is 18.7 Å². The molecule has 1 heterocycles. The second kappa shape index (κ2) is 7.52. The Balaban J connectivity index is 1.57. The highest BCUT2D eigenvalue weighted by Gasteiger charge is 2.22. The summed E-state index contributed by atoms with van der Waals surface area (Å²) in [6.07, 6.45) is -0.700. The van der Waals surface area contributed by atoms with Crippen molar-refractivity contribution in [3.05, 3.63) is 78.2 Å². The zero-order valence-electron chi connectivity index (χ0n) is 15.5. The fourth-order valence-electron chi connectivity index (χ4n) is 2.92. The molecule has 6 nitrogen and oxygen atoms in total. The average Bonchev–Trinajstić information content (AvgIpc) is 3.24. The quantitative estimate of drug-likeness (QED) is 0.466. The molecular formula is C22H18N2O4. The Morgan fingerprint density at radius 1 is 0.964 bits per heavy atom. The summed E-state index contributed by atoms with van der Waals surface area (Å²) >= 11 is 0. The van der Waals surface area contributed by atoms with Crippen LogP contribution in [0, 0.1) is 0 Å². The zero-order chi connectivity index (χ0) is 19.5. The van der Waals surface area contributed by atoms with Gasteiger partial charge in [0.05, 0.1) is 7.11 Å². The van der Waals surface area contributed by atoms with Crippen LogP contribution in [-0.2, 0) is 4.74 Å². The van der Waals surface area contributed by atoms with Crippen LogP contribution in [0.5, 0.6) is 5.75 Å². The summed E-state index contributed by atoms with van der Waals surface area (Å²) in [5.74, 6) is 0.537. The lowest BCUT2D eigenvalue weighted by atomic mass is 10.1. The van der Waals surface area contributed by atoms with E-state index in [9.17, 15) is 4.79 Å². The predicted molar refractivity (Wildman–Crippen MR) is 104 cm³/mol. The van der Waals surface area contributed by atoms with Crippen molar-refractivity contribution in [2.75, 3.05) is 7.11 Å². The molecule has 3 aromatic carbocycles. The monoisotopic (exact) mass is 374 g/mol. The Kier molecular flexibility index (Phi) is 4.76. The van der Waals surface area contributed by atoms with E-state index in [4.69, 9.17) is 13.9 Å². The number of benzene rings is 3. The number of fused-ring (bicyclic) bond motifs is 1. The van der Waals surface area contributed by atoms with Gasteiger partial charge in [0.1, 0.15) is 11.3 Å². The van der Waals surface area contributed by atoms with E-state index in [0.29, 0.717) is 17.2 Å². The van der Waals surface area contributed by atoms with E-state index in [2.05, 4.69) is 10.2 Å². The van der Waals surface area contributed by atoms with Gasteiger partial charge in [0.25, 0.3) is 5.89 Å². The molecule has 1 aromatic heterocycles. The molecule has 28 heavy (non-hydrogen) atoms. The number of carbonyl (C=O) groups is 1. The summed E-state index contributed by atoms with van der Waals surface area (Å²) in [7, 11) is 1.52. The number of aromatic nitrogens is 2. The van der Waals surface area contributed by atoms with Crippen LogP contribution >= 0.6 is 0 Å². The largest absolute Gasteiger partial charge is 0.496 e. The average molecular weight is 374 g/mol. The molecule has 6 heteroatoms. The van der Waals surface area contributed by atoms with Crippen molar-refractivity contribution in [1.82, 2.24) is 10.2 Å². The van der Waals surface area contributed by atoms with Crippen molar-refractivity contribution >= 4 is 16.7 Å². The molecular weight excluding hydrogens is 356 g/mol. The Bertz CT molecular complexity index is 1120. The Morgan fingerprint density at radius 2 is 1.64 bits per heavy atom. The molecule has 140 valence electrons. The van der Waals surface area contributed by atoms with E-state index in [0.717, 1.165) is 16.3 Å². The van der Waals surface area contributed by atoms with E-state index < -0.39 is 12.1 Å². The Morgan fingerprint density at radius 3 is 2.36 bits per heavy atom. The molecule has 1 atom stereocenters. The third-order valence-corrected chi connectivity index (χ3v) is 4.38. The SMILES string of the molecule is COc1cc2ccccc2cc1C(=O)O[C@@H](C)c1nnc(-c2ccccc2)o1. The van der Waals surface area contributed by atoms with Gasteiger partial charge >= 0.3 is 5.97 Å². The summed E-state index contributed by atoms with van der Waals surface area (Å²) in [5, 5.41) is 9.94. The second-order valence-corrected chi connectivity index (χ2v) is 6.26. The van der Waals surface area contributed by atoms with E-state index in [1.165, 1.54) is 7.11 Å². The number of esters is 1. The summed E-state index contributed by atoms with van der Waals surface area (Å²) < 4.78 is 16.6. The third kappa shape index (κ3) is 3.44. The van der Waals surface area contributed by atoms with Crippen LogP contribution in [0.2, 0.25) is 0 Å².